The number of para-hydroxylation sites is 1. The normalized spacial score (nSPS) is 15.7. The number of carbonyl (C=O) groups is 1. The van der Waals surface area contributed by atoms with Crippen LogP contribution in [0.3, 0.4) is 0 Å². The third-order valence-corrected chi connectivity index (χ3v) is 6.26. The SMILES string of the molecule is COc1ccc(OC)c([C@@H]2CCCN2C(=O)c2ccc(Cn3nnc4ccccc43)cc2)c1. The van der Waals surface area contributed by atoms with Gasteiger partial charge in [-0.1, -0.05) is 29.5 Å². The summed E-state index contributed by atoms with van der Waals surface area (Å²) in [6.07, 6.45) is 1.85. The van der Waals surface area contributed by atoms with Gasteiger partial charge in [0.05, 0.1) is 32.3 Å². The number of amides is 1. The van der Waals surface area contributed by atoms with Gasteiger partial charge >= 0.3 is 0 Å². The quantitative estimate of drug-likeness (QED) is 0.441. The molecule has 7 nitrogen and oxygen atoms in total. The Bertz CT molecular complexity index is 1280. The molecule has 0 bridgehead atoms. The summed E-state index contributed by atoms with van der Waals surface area (Å²) in [6.45, 7) is 1.32. The van der Waals surface area contributed by atoms with Crippen molar-refractivity contribution >= 4 is 16.9 Å². The fraction of sp³-hybridized carbons (Fsp3) is 0.269. The molecule has 0 N–H and O–H groups in total. The van der Waals surface area contributed by atoms with Gasteiger partial charge in [-0.15, -0.1) is 5.10 Å². The van der Waals surface area contributed by atoms with E-state index in [-0.39, 0.29) is 11.9 Å². The zero-order valence-electron chi connectivity index (χ0n) is 18.8. The highest BCUT2D eigenvalue weighted by atomic mass is 16.5. The maximum Gasteiger partial charge on any atom is 0.254 e. The molecule has 1 saturated heterocycles. The van der Waals surface area contributed by atoms with Crippen LogP contribution in [0.5, 0.6) is 11.5 Å². The molecule has 1 aliphatic heterocycles. The summed E-state index contributed by atoms with van der Waals surface area (Å²) in [4.78, 5) is 15.4. The number of likely N-dealkylation sites (tertiary alicyclic amines) is 1. The van der Waals surface area contributed by atoms with Gasteiger partial charge in [-0.2, -0.15) is 0 Å². The molecule has 0 spiro atoms. The van der Waals surface area contributed by atoms with Crippen LogP contribution in [-0.4, -0.2) is 46.6 Å². The van der Waals surface area contributed by atoms with Crippen molar-refractivity contribution in [3.05, 3.63) is 83.4 Å². The lowest BCUT2D eigenvalue weighted by molar-refractivity contribution is 0.0734. The van der Waals surface area contributed by atoms with Crippen molar-refractivity contribution in [2.75, 3.05) is 20.8 Å². The summed E-state index contributed by atoms with van der Waals surface area (Å²) < 4.78 is 12.9. The summed E-state index contributed by atoms with van der Waals surface area (Å²) in [5.41, 5.74) is 4.59. The van der Waals surface area contributed by atoms with E-state index < -0.39 is 0 Å². The fourth-order valence-electron chi connectivity index (χ4n) is 4.56. The number of hydrogen-bond donors (Lipinski definition) is 0. The molecule has 3 aromatic carbocycles. The summed E-state index contributed by atoms with van der Waals surface area (Å²) in [5.74, 6) is 1.56. The molecule has 33 heavy (non-hydrogen) atoms. The molecule has 5 rings (SSSR count). The van der Waals surface area contributed by atoms with Crippen molar-refractivity contribution in [3.8, 4) is 11.5 Å². The molecule has 1 atom stereocenters. The predicted molar refractivity (Wildman–Crippen MR) is 126 cm³/mol. The van der Waals surface area contributed by atoms with Gasteiger partial charge in [0.2, 0.25) is 0 Å². The zero-order valence-corrected chi connectivity index (χ0v) is 18.8. The summed E-state index contributed by atoms with van der Waals surface area (Å²) in [5, 5.41) is 8.46. The minimum atomic E-state index is -0.0382. The number of benzene rings is 3. The number of rotatable bonds is 6. The van der Waals surface area contributed by atoms with Crippen LogP contribution in [0.1, 0.15) is 40.4 Å². The number of aromatic nitrogens is 3. The first kappa shape index (κ1) is 21.0. The third kappa shape index (κ3) is 4.02. The first-order valence-electron chi connectivity index (χ1n) is 11.1. The van der Waals surface area contributed by atoms with Crippen LogP contribution in [0.15, 0.2) is 66.7 Å². The van der Waals surface area contributed by atoms with Crippen molar-refractivity contribution in [3.63, 3.8) is 0 Å². The smallest absolute Gasteiger partial charge is 0.254 e. The second-order valence-electron chi connectivity index (χ2n) is 8.20. The fourth-order valence-corrected chi connectivity index (χ4v) is 4.56. The van der Waals surface area contributed by atoms with E-state index in [1.807, 2.05) is 76.3 Å². The Labute approximate surface area is 192 Å². The minimum Gasteiger partial charge on any atom is -0.497 e. The highest BCUT2D eigenvalue weighted by Crippen LogP contribution is 2.39. The van der Waals surface area contributed by atoms with Gasteiger partial charge in [-0.05, 0) is 60.9 Å². The monoisotopic (exact) mass is 442 g/mol. The lowest BCUT2D eigenvalue weighted by Crippen LogP contribution is -2.30. The van der Waals surface area contributed by atoms with Gasteiger partial charge in [0.25, 0.3) is 5.91 Å². The highest BCUT2D eigenvalue weighted by Gasteiger charge is 2.32. The number of carbonyl (C=O) groups excluding carboxylic acids is 1. The van der Waals surface area contributed by atoms with Gasteiger partial charge < -0.3 is 14.4 Å². The molecule has 1 aliphatic rings. The van der Waals surface area contributed by atoms with Gasteiger partial charge in [0, 0.05) is 17.7 Å². The molecule has 0 radical (unpaired) electrons. The van der Waals surface area contributed by atoms with E-state index in [1.165, 1.54) is 0 Å². The van der Waals surface area contributed by atoms with E-state index in [4.69, 9.17) is 9.47 Å². The van der Waals surface area contributed by atoms with Gasteiger partial charge in [-0.25, -0.2) is 4.68 Å². The number of hydrogen-bond acceptors (Lipinski definition) is 5. The van der Waals surface area contributed by atoms with Crippen molar-refractivity contribution in [1.82, 2.24) is 19.9 Å². The number of ether oxygens (including phenoxy) is 2. The van der Waals surface area contributed by atoms with E-state index in [9.17, 15) is 4.79 Å². The average molecular weight is 443 g/mol. The van der Waals surface area contributed by atoms with Crippen LogP contribution >= 0.6 is 0 Å². The van der Waals surface area contributed by atoms with E-state index in [1.54, 1.807) is 14.2 Å². The molecule has 2 heterocycles. The molecule has 0 unspecified atom stereocenters. The molecule has 0 saturated carbocycles. The molecular formula is C26H26N4O3. The van der Waals surface area contributed by atoms with Crippen molar-refractivity contribution in [2.45, 2.75) is 25.4 Å². The molecule has 0 aliphatic carbocycles. The molecular weight excluding hydrogens is 416 g/mol. The van der Waals surface area contributed by atoms with Crippen LogP contribution < -0.4 is 9.47 Å². The minimum absolute atomic E-state index is 0.0279. The van der Waals surface area contributed by atoms with E-state index in [0.29, 0.717) is 12.1 Å². The van der Waals surface area contributed by atoms with Crippen LogP contribution in [0.25, 0.3) is 11.0 Å². The lowest BCUT2D eigenvalue weighted by Gasteiger charge is -2.27. The van der Waals surface area contributed by atoms with Gasteiger partial charge in [-0.3, -0.25) is 4.79 Å². The lowest BCUT2D eigenvalue weighted by atomic mass is 10.0. The van der Waals surface area contributed by atoms with E-state index >= 15 is 0 Å². The van der Waals surface area contributed by atoms with Crippen molar-refractivity contribution in [2.24, 2.45) is 0 Å². The molecule has 7 heteroatoms. The Morgan fingerprint density at radius 1 is 1.03 bits per heavy atom. The van der Waals surface area contributed by atoms with Crippen LogP contribution in [0, 0.1) is 0 Å². The summed E-state index contributed by atoms with van der Waals surface area (Å²) >= 11 is 0. The Morgan fingerprint density at radius 2 is 1.85 bits per heavy atom. The predicted octanol–water partition coefficient (Wildman–Crippen LogP) is 4.47. The zero-order chi connectivity index (χ0) is 22.8. The Balaban J connectivity index is 1.36. The van der Waals surface area contributed by atoms with Crippen molar-refractivity contribution in [1.29, 1.82) is 0 Å². The maximum atomic E-state index is 13.4. The van der Waals surface area contributed by atoms with Gasteiger partial charge in [0.15, 0.2) is 0 Å². The molecule has 1 aromatic heterocycles. The van der Waals surface area contributed by atoms with Crippen molar-refractivity contribution < 1.29 is 14.3 Å². The van der Waals surface area contributed by atoms with Crippen LogP contribution in [0.4, 0.5) is 0 Å². The summed E-state index contributed by atoms with van der Waals surface area (Å²) in [7, 11) is 3.30. The average Bonchev–Trinajstić information content (AvgIpc) is 3.51. The second kappa shape index (κ2) is 8.94. The Morgan fingerprint density at radius 3 is 2.64 bits per heavy atom. The maximum absolute atomic E-state index is 13.4. The topological polar surface area (TPSA) is 69.5 Å². The first-order valence-corrected chi connectivity index (χ1v) is 11.1. The molecule has 1 amide bonds. The molecule has 1 fully saturated rings. The van der Waals surface area contributed by atoms with Crippen LogP contribution in [-0.2, 0) is 6.54 Å². The largest absolute Gasteiger partial charge is 0.497 e. The molecule has 4 aromatic rings. The third-order valence-electron chi connectivity index (χ3n) is 6.26. The van der Waals surface area contributed by atoms with E-state index in [0.717, 1.165) is 53.0 Å². The highest BCUT2D eigenvalue weighted by molar-refractivity contribution is 5.94. The number of fused-ring (bicyclic) bond motifs is 1. The standard InChI is InChI=1S/C26H26N4O3/c1-32-20-13-14-25(33-2)21(16-20)23-8-5-15-29(23)26(31)19-11-9-18(10-12-19)17-30-24-7-4-3-6-22(24)27-28-30/h3-4,6-7,9-14,16,23H,5,8,15,17H2,1-2H3/t23-/m0/s1. The van der Waals surface area contributed by atoms with Crippen LogP contribution in [0.2, 0.25) is 0 Å². The van der Waals surface area contributed by atoms with E-state index in [2.05, 4.69) is 10.3 Å². The Hall–Kier alpha value is -3.87. The molecule has 168 valence electrons. The second-order valence-corrected chi connectivity index (χ2v) is 8.20. The Kier molecular flexibility index (Phi) is 5.69. The first-order chi connectivity index (χ1) is 16.2. The summed E-state index contributed by atoms with van der Waals surface area (Å²) in [6, 6.07) is 21.4. The van der Waals surface area contributed by atoms with Gasteiger partial charge in [0.1, 0.15) is 17.0 Å². The number of methoxy groups -OCH3 is 2. The number of nitrogens with zero attached hydrogens (tertiary/aromatic N) is 4.